The van der Waals surface area contributed by atoms with Gasteiger partial charge in [-0.2, -0.15) is 0 Å². The first kappa shape index (κ1) is 10.0. The van der Waals surface area contributed by atoms with Crippen LogP contribution in [-0.2, 0) is 0 Å². The zero-order valence-electron chi connectivity index (χ0n) is 8.79. The van der Waals surface area contributed by atoms with E-state index in [0.717, 1.165) is 12.1 Å². The molecule has 0 bridgehead atoms. The summed E-state index contributed by atoms with van der Waals surface area (Å²) in [5, 5.41) is 12.2. The smallest absolute Gasteiger partial charge is 0.335 e. The minimum atomic E-state index is -0.877. The van der Waals surface area contributed by atoms with Gasteiger partial charge in [0.05, 0.1) is 5.56 Å². The van der Waals surface area contributed by atoms with Crippen LogP contribution in [0.5, 0.6) is 0 Å². The molecule has 0 aromatic heterocycles. The predicted molar refractivity (Wildman–Crippen MR) is 59.3 cm³/mol. The molecule has 0 spiro atoms. The molecule has 3 nitrogen and oxygen atoms in total. The fraction of sp³-hybridized carbons (Fsp3) is 0.417. The molecule has 1 aromatic carbocycles. The lowest BCUT2D eigenvalue weighted by molar-refractivity contribution is 0.0697. The fourth-order valence-corrected chi connectivity index (χ4v) is 1.72. The Morgan fingerprint density at radius 2 is 2.00 bits per heavy atom. The number of hydrogen-bond donors (Lipinski definition) is 2. The Hall–Kier alpha value is -1.51. The first-order chi connectivity index (χ1) is 7.15. The summed E-state index contributed by atoms with van der Waals surface area (Å²) in [6.07, 6.45) is 3.54. The third-order valence-electron chi connectivity index (χ3n) is 3.07. The Kier molecular flexibility index (Phi) is 2.39. The summed E-state index contributed by atoms with van der Waals surface area (Å²) < 4.78 is 0. The van der Waals surface area contributed by atoms with Gasteiger partial charge in [0.2, 0.25) is 0 Å². The lowest BCUT2D eigenvalue weighted by Crippen LogP contribution is -2.19. The number of carboxylic acids is 1. The second-order valence-electron chi connectivity index (χ2n) is 4.14. The normalized spacial score (nSPS) is 17.1. The molecule has 1 fully saturated rings. The second-order valence-corrected chi connectivity index (χ2v) is 4.14. The van der Waals surface area contributed by atoms with E-state index in [1.54, 1.807) is 12.1 Å². The Morgan fingerprint density at radius 1 is 1.40 bits per heavy atom. The number of carboxylic acid groups (broad SMARTS) is 1. The van der Waals surface area contributed by atoms with Gasteiger partial charge in [-0.3, -0.25) is 0 Å². The highest BCUT2D eigenvalue weighted by atomic mass is 16.4. The van der Waals surface area contributed by atoms with Gasteiger partial charge in [-0.25, -0.2) is 4.79 Å². The summed E-state index contributed by atoms with van der Waals surface area (Å²) in [5.74, 6) is -0.877. The van der Waals surface area contributed by atoms with Gasteiger partial charge in [0.15, 0.2) is 0 Å². The van der Waals surface area contributed by atoms with Crippen molar-refractivity contribution in [1.29, 1.82) is 0 Å². The molecule has 0 aliphatic heterocycles. The Bertz CT molecular complexity index is 366. The topological polar surface area (TPSA) is 49.3 Å². The zero-order chi connectivity index (χ0) is 10.9. The van der Waals surface area contributed by atoms with Gasteiger partial charge in [-0.1, -0.05) is 6.92 Å². The molecule has 2 N–H and O–H groups in total. The first-order valence-electron chi connectivity index (χ1n) is 5.27. The van der Waals surface area contributed by atoms with E-state index >= 15 is 0 Å². The fourth-order valence-electron chi connectivity index (χ4n) is 1.72. The molecule has 80 valence electrons. The van der Waals surface area contributed by atoms with Crippen LogP contribution in [0.3, 0.4) is 0 Å². The molecule has 0 amide bonds. The molecule has 0 unspecified atom stereocenters. The van der Waals surface area contributed by atoms with Crippen LogP contribution in [0.4, 0.5) is 5.69 Å². The van der Waals surface area contributed by atoms with Crippen molar-refractivity contribution in [3.8, 4) is 0 Å². The monoisotopic (exact) mass is 205 g/mol. The minimum Gasteiger partial charge on any atom is -0.478 e. The summed E-state index contributed by atoms with van der Waals surface area (Å²) in [6.45, 7) is 2.17. The maximum absolute atomic E-state index is 10.6. The van der Waals surface area contributed by atoms with Crippen LogP contribution in [0, 0.1) is 0 Å². The largest absolute Gasteiger partial charge is 0.478 e. The SMILES string of the molecule is CCC1(Nc2ccc(C(=O)O)cc2)CC1. The average molecular weight is 205 g/mol. The maximum atomic E-state index is 10.6. The molecule has 3 heteroatoms. The van der Waals surface area contributed by atoms with Crippen LogP contribution in [0.1, 0.15) is 36.5 Å². The molecule has 15 heavy (non-hydrogen) atoms. The van der Waals surface area contributed by atoms with E-state index in [1.165, 1.54) is 12.8 Å². The average Bonchev–Trinajstić information content (AvgIpc) is 2.99. The van der Waals surface area contributed by atoms with Gasteiger partial charge in [0.1, 0.15) is 0 Å². The quantitative estimate of drug-likeness (QED) is 0.794. The Labute approximate surface area is 89.1 Å². The van der Waals surface area contributed by atoms with Crippen molar-refractivity contribution in [2.45, 2.75) is 31.7 Å². The maximum Gasteiger partial charge on any atom is 0.335 e. The van der Waals surface area contributed by atoms with Gasteiger partial charge in [-0.15, -0.1) is 0 Å². The lowest BCUT2D eigenvalue weighted by Gasteiger charge is -2.16. The summed E-state index contributed by atoms with van der Waals surface area (Å²) in [6, 6.07) is 6.94. The highest BCUT2D eigenvalue weighted by Gasteiger charge is 2.40. The molecule has 0 radical (unpaired) electrons. The van der Waals surface area contributed by atoms with Crippen LogP contribution in [0.25, 0.3) is 0 Å². The standard InChI is InChI=1S/C12H15NO2/c1-2-12(7-8-12)13-10-5-3-9(4-6-10)11(14)15/h3-6,13H,2,7-8H2,1H3,(H,14,15). The molecule has 0 saturated heterocycles. The van der Waals surface area contributed by atoms with Crippen molar-refractivity contribution in [3.05, 3.63) is 29.8 Å². The molecular weight excluding hydrogens is 190 g/mol. The number of carbonyl (C=O) groups is 1. The highest BCUT2D eigenvalue weighted by Crippen LogP contribution is 2.41. The van der Waals surface area contributed by atoms with Crippen molar-refractivity contribution >= 4 is 11.7 Å². The van der Waals surface area contributed by atoms with E-state index in [-0.39, 0.29) is 5.54 Å². The van der Waals surface area contributed by atoms with Gasteiger partial charge < -0.3 is 10.4 Å². The van der Waals surface area contributed by atoms with E-state index in [0.29, 0.717) is 5.56 Å². The van der Waals surface area contributed by atoms with E-state index in [4.69, 9.17) is 5.11 Å². The molecular formula is C12H15NO2. The molecule has 0 atom stereocenters. The minimum absolute atomic E-state index is 0.282. The van der Waals surface area contributed by atoms with Crippen molar-refractivity contribution in [2.75, 3.05) is 5.32 Å². The first-order valence-corrected chi connectivity index (χ1v) is 5.27. The van der Waals surface area contributed by atoms with Crippen LogP contribution in [0.2, 0.25) is 0 Å². The van der Waals surface area contributed by atoms with Crippen LogP contribution in [-0.4, -0.2) is 16.6 Å². The van der Waals surface area contributed by atoms with E-state index in [2.05, 4.69) is 12.2 Å². The molecule has 2 rings (SSSR count). The summed E-state index contributed by atoms with van der Waals surface area (Å²) >= 11 is 0. The number of benzene rings is 1. The third kappa shape index (κ3) is 2.12. The summed E-state index contributed by atoms with van der Waals surface area (Å²) in [5.41, 5.74) is 1.63. The van der Waals surface area contributed by atoms with Crippen molar-refractivity contribution in [3.63, 3.8) is 0 Å². The highest BCUT2D eigenvalue weighted by molar-refractivity contribution is 5.88. The van der Waals surface area contributed by atoms with Crippen LogP contribution >= 0.6 is 0 Å². The number of hydrogen-bond acceptors (Lipinski definition) is 2. The molecule has 1 aliphatic carbocycles. The third-order valence-corrected chi connectivity index (χ3v) is 3.07. The Morgan fingerprint density at radius 3 is 2.40 bits per heavy atom. The van der Waals surface area contributed by atoms with E-state index in [9.17, 15) is 4.79 Å². The summed E-state index contributed by atoms with van der Waals surface area (Å²) in [7, 11) is 0. The number of rotatable bonds is 4. The Balaban J connectivity index is 2.07. The predicted octanol–water partition coefficient (Wildman–Crippen LogP) is 2.74. The van der Waals surface area contributed by atoms with E-state index < -0.39 is 5.97 Å². The van der Waals surface area contributed by atoms with E-state index in [1.807, 2.05) is 12.1 Å². The van der Waals surface area contributed by atoms with Crippen molar-refractivity contribution in [1.82, 2.24) is 0 Å². The molecule has 1 saturated carbocycles. The van der Waals surface area contributed by atoms with Crippen molar-refractivity contribution in [2.24, 2.45) is 0 Å². The number of nitrogens with one attached hydrogen (secondary N) is 1. The van der Waals surface area contributed by atoms with Gasteiger partial charge in [0.25, 0.3) is 0 Å². The molecule has 1 aliphatic rings. The lowest BCUT2D eigenvalue weighted by atomic mass is 10.1. The van der Waals surface area contributed by atoms with Gasteiger partial charge in [-0.05, 0) is 43.5 Å². The van der Waals surface area contributed by atoms with Crippen LogP contribution in [0.15, 0.2) is 24.3 Å². The molecule has 1 aromatic rings. The second kappa shape index (κ2) is 3.57. The molecule has 0 heterocycles. The van der Waals surface area contributed by atoms with Crippen molar-refractivity contribution < 1.29 is 9.90 Å². The number of anilines is 1. The van der Waals surface area contributed by atoms with Gasteiger partial charge >= 0.3 is 5.97 Å². The van der Waals surface area contributed by atoms with Crippen LogP contribution < -0.4 is 5.32 Å². The zero-order valence-corrected chi connectivity index (χ0v) is 8.79. The summed E-state index contributed by atoms with van der Waals surface area (Å²) in [4.78, 5) is 10.6. The van der Waals surface area contributed by atoms with Gasteiger partial charge in [0, 0.05) is 11.2 Å². The number of aromatic carboxylic acids is 1.